The van der Waals surface area contributed by atoms with Crippen LogP contribution in [0.4, 0.5) is 0 Å². The van der Waals surface area contributed by atoms with Crippen LogP contribution in [0.3, 0.4) is 0 Å². The van der Waals surface area contributed by atoms with E-state index in [9.17, 15) is 4.79 Å². The average Bonchev–Trinajstić information content (AvgIpc) is 2.82. The fourth-order valence-corrected chi connectivity index (χ4v) is 1.37. The zero-order valence-electron chi connectivity index (χ0n) is 8.30. The van der Waals surface area contributed by atoms with E-state index in [0.29, 0.717) is 18.8 Å². The summed E-state index contributed by atoms with van der Waals surface area (Å²) in [6.07, 6.45) is 2.65. The highest BCUT2D eigenvalue weighted by molar-refractivity contribution is 5.89. The second kappa shape index (κ2) is 4.37. The third kappa shape index (κ3) is 2.14. The van der Waals surface area contributed by atoms with Crippen LogP contribution in [0.1, 0.15) is 22.2 Å². The molecule has 0 unspecified atom stereocenters. The van der Waals surface area contributed by atoms with Gasteiger partial charge in [0.25, 0.3) is 0 Å². The maximum absolute atomic E-state index is 11.2. The third-order valence-corrected chi connectivity index (χ3v) is 2.07. The largest absolute Gasteiger partial charge is 0.465 e. The van der Waals surface area contributed by atoms with Crippen LogP contribution < -0.4 is 0 Å². The summed E-state index contributed by atoms with van der Waals surface area (Å²) in [5.41, 5.74) is 1.13. The van der Waals surface area contributed by atoms with Crippen molar-refractivity contribution < 1.29 is 19.0 Å². The maximum Gasteiger partial charge on any atom is 0.339 e. The van der Waals surface area contributed by atoms with E-state index in [0.717, 1.165) is 5.56 Å². The fraction of sp³-hybridized carbons (Fsp3) is 0.400. The minimum absolute atomic E-state index is 0.397. The number of carbonyl (C=O) groups excluding carboxylic acids is 1. The number of hydrogen-bond donors (Lipinski definition) is 0. The van der Waals surface area contributed by atoms with Crippen LogP contribution in [-0.4, -0.2) is 31.3 Å². The normalized spacial score (nSPS) is 16.6. The fourth-order valence-electron chi connectivity index (χ4n) is 1.37. The molecule has 5 heteroatoms. The Labute approximate surface area is 87.0 Å². The summed E-state index contributed by atoms with van der Waals surface area (Å²) in [7, 11) is 1.33. The van der Waals surface area contributed by atoms with Crippen molar-refractivity contribution in [1.29, 1.82) is 0 Å². The Kier molecular flexibility index (Phi) is 2.94. The average molecular weight is 209 g/mol. The van der Waals surface area contributed by atoms with Gasteiger partial charge in [0.15, 0.2) is 6.29 Å². The van der Waals surface area contributed by atoms with Gasteiger partial charge in [-0.1, -0.05) is 0 Å². The molecule has 0 amide bonds. The van der Waals surface area contributed by atoms with Gasteiger partial charge in [-0.3, -0.25) is 4.98 Å². The van der Waals surface area contributed by atoms with Gasteiger partial charge in [0.2, 0.25) is 0 Å². The van der Waals surface area contributed by atoms with Crippen LogP contribution in [0.2, 0.25) is 0 Å². The molecule has 0 bridgehead atoms. The quantitative estimate of drug-likeness (QED) is 0.678. The van der Waals surface area contributed by atoms with Crippen molar-refractivity contribution in [2.45, 2.75) is 6.29 Å². The van der Waals surface area contributed by atoms with E-state index >= 15 is 0 Å². The zero-order chi connectivity index (χ0) is 10.7. The number of carbonyl (C=O) groups is 1. The van der Waals surface area contributed by atoms with E-state index in [1.165, 1.54) is 13.3 Å². The summed E-state index contributed by atoms with van der Waals surface area (Å²) in [5, 5.41) is 0. The lowest BCUT2D eigenvalue weighted by atomic mass is 10.2. The Hall–Kier alpha value is -1.46. The lowest BCUT2D eigenvalue weighted by Crippen LogP contribution is -2.05. The first kappa shape index (κ1) is 10.1. The van der Waals surface area contributed by atoms with Gasteiger partial charge in [0.05, 0.1) is 25.9 Å². The smallest absolute Gasteiger partial charge is 0.339 e. The third-order valence-electron chi connectivity index (χ3n) is 2.07. The Morgan fingerprint density at radius 3 is 2.87 bits per heavy atom. The number of esters is 1. The number of pyridine rings is 1. The van der Waals surface area contributed by atoms with E-state index in [-0.39, 0.29) is 0 Å². The summed E-state index contributed by atoms with van der Waals surface area (Å²) in [5.74, 6) is -0.414. The Balaban J connectivity index is 2.21. The Morgan fingerprint density at radius 1 is 1.47 bits per heavy atom. The van der Waals surface area contributed by atoms with Crippen molar-refractivity contribution in [3.05, 3.63) is 29.6 Å². The van der Waals surface area contributed by atoms with Crippen molar-refractivity contribution in [3.8, 4) is 0 Å². The Bertz CT molecular complexity index is 360. The molecule has 1 aliphatic heterocycles. The summed E-state index contributed by atoms with van der Waals surface area (Å²) in [6.45, 7) is 1.13. The standard InChI is InChI=1S/C10H11NO4/c1-13-9(12)7-4-8(6-11-5-7)10-14-2-3-15-10/h4-6,10H,2-3H2,1H3. The molecule has 0 radical (unpaired) electrons. The first-order valence-electron chi connectivity index (χ1n) is 4.58. The molecular weight excluding hydrogens is 198 g/mol. The van der Waals surface area contributed by atoms with Crippen LogP contribution in [0.25, 0.3) is 0 Å². The van der Waals surface area contributed by atoms with Gasteiger partial charge >= 0.3 is 5.97 Å². The molecule has 1 aliphatic rings. The van der Waals surface area contributed by atoms with Gasteiger partial charge in [-0.05, 0) is 6.07 Å². The van der Waals surface area contributed by atoms with E-state index < -0.39 is 12.3 Å². The molecule has 0 aliphatic carbocycles. The summed E-state index contributed by atoms with van der Waals surface area (Å²) in [4.78, 5) is 15.2. The molecular formula is C10H11NO4. The van der Waals surface area contributed by atoms with Crippen molar-refractivity contribution in [2.75, 3.05) is 20.3 Å². The molecule has 1 aromatic heterocycles. The highest BCUT2D eigenvalue weighted by Gasteiger charge is 2.19. The predicted octanol–water partition coefficient (Wildman–Crippen LogP) is 0.914. The molecule has 80 valence electrons. The number of aromatic nitrogens is 1. The van der Waals surface area contributed by atoms with E-state index in [1.54, 1.807) is 12.3 Å². The minimum atomic E-state index is -0.415. The van der Waals surface area contributed by atoms with Crippen molar-refractivity contribution in [3.63, 3.8) is 0 Å². The number of ether oxygens (including phenoxy) is 3. The lowest BCUT2D eigenvalue weighted by Gasteiger charge is -2.09. The van der Waals surface area contributed by atoms with Crippen LogP contribution in [0.15, 0.2) is 18.5 Å². The van der Waals surface area contributed by atoms with Gasteiger partial charge in [-0.2, -0.15) is 0 Å². The van der Waals surface area contributed by atoms with E-state index in [2.05, 4.69) is 9.72 Å². The summed E-state index contributed by atoms with van der Waals surface area (Å²) < 4.78 is 15.2. The first-order valence-corrected chi connectivity index (χ1v) is 4.58. The highest BCUT2D eigenvalue weighted by Crippen LogP contribution is 2.22. The predicted molar refractivity (Wildman–Crippen MR) is 50.2 cm³/mol. The molecule has 0 aromatic carbocycles. The number of rotatable bonds is 2. The minimum Gasteiger partial charge on any atom is -0.465 e. The van der Waals surface area contributed by atoms with E-state index in [4.69, 9.17) is 9.47 Å². The molecule has 15 heavy (non-hydrogen) atoms. The van der Waals surface area contributed by atoms with Gasteiger partial charge in [-0.15, -0.1) is 0 Å². The number of hydrogen-bond acceptors (Lipinski definition) is 5. The van der Waals surface area contributed by atoms with Gasteiger partial charge < -0.3 is 14.2 Å². The van der Waals surface area contributed by atoms with Crippen LogP contribution in [0.5, 0.6) is 0 Å². The summed E-state index contributed by atoms with van der Waals surface area (Å²) >= 11 is 0. The van der Waals surface area contributed by atoms with Crippen LogP contribution in [-0.2, 0) is 14.2 Å². The molecule has 0 atom stereocenters. The first-order chi connectivity index (χ1) is 7.31. The lowest BCUT2D eigenvalue weighted by molar-refractivity contribution is -0.0443. The Morgan fingerprint density at radius 2 is 2.20 bits per heavy atom. The van der Waals surface area contributed by atoms with Gasteiger partial charge in [0, 0.05) is 18.0 Å². The molecule has 2 rings (SSSR count). The second-order valence-electron chi connectivity index (χ2n) is 3.07. The number of methoxy groups -OCH3 is 1. The summed E-state index contributed by atoms with van der Waals surface area (Å²) in [6, 6.07) is 1.66. The zero-order valence-corrected chi connectivity index (χ0v) is 8.30. The SMILES string of the molecule is COC(=O)c1cncc(C2OCCO2)c1. The molecule has 0 saturated carbocycles. The molecule has 1 aromatic rings. The van der Waals surface area contributed by atoms with Gasteiger partial charge in [-0.25, -0.2) is 4.79 Å². The maximum atomic E-state index is 11.2. The molecule has 1 fully saturated rings. The number of nitrogens with zero attached hydrogens (tertiary/aromatic N) is 1. The monoisotopic (exact) mass is 209 g/mol. The second-order valence-corrected chi connectivity index (χ2v) is 3.07. The molecule has 2 heterocycles. The topological polar surface area (TPSA) is 57.7 Å². The van der Waals surface area contributed by atoms with Crippen molar-refractivity contribution in [1.82, 2.24) is 4.98 Å². The van der Waals surface area contributed by atoms with Gasteiger partial charge in [0.1, 0.15) is 0 Å². The van der Waals surface area contributed by atoms with Crippen molar-refractivity contribution >= 4 is 5.97 Å². The highest BCUT2D eigenvalue weighted by atomic mass is 16.7. The molecule has 1 saturated heterocycles. The van der Waals surface area contributed by atoms with Crippen LogP contribution >= 0.6 is 0 Å². The molecule has 0 spiro atoms. The van der Waals surface area contributed by atoms with Crippen LogP contribution in [0, 0.1) is 0 Å². The van der Waals surface area contributed by atoms with E-state index in [1.807, 2.05) is 0 Å². The molecule has 0 N–H and O–H groups in total. The van der Waals surface area contributed by atoms with Crippen molar-refractivity contribution in [2.24, 2.45) is 0 Å². The molecule has 5 nitrogen and oxygen atoms in total.